The van der Waals surface area contributed by atoms with Gasteiger partial charge in [-0.2, -0.15) is 0 Å². The number of allylic oxidation sites excluding steroid dienone is 8. The van der Waals surface area contributed by atoms with Gasteiger partial charge in [-0.25, -0.2) is 0 Å². The highest BCUT2D eigenvalue weighted by molar-refractivity contribution is 6.48. The molecule has 0 spiro atoms. The Labute approximate surface area is 185 Å². The minimum atomic E-state index is -0.865. The van der Waals surface area contributed by atoms with Crippen LogP contribution in [0.5, 0.6) is 11.5 Å². The van der Waals surface area contributed by atoms with Gasteiger partial charge in [0.2, 0.25) is 23.1 Å². The van der Waals surface area contributed by atoms with E-state index in [1.54, 1.807) is 14.2 Å². The van der Waals surface area contributed by atoms with Crippen LogP contribution in [0.1, 0.15) is 37.8 Å². The standard InChI is InChI=1S/C26H22O6/c1-5-25-13-7-19(27)21(29)9-15(13)26(6-2,16-10-22(30)20(28)8-14(16)25)18-12-24(32-4)23(31-3)11-17(18)25/h7-12H,5-6H2,1-4H3. The number of methoxy groups -OCH3 is 2. The van der Waals surface area contributed by atoms with Crippen LogP contribution in [0.3, 0.4) is 0 Å². The van der Waals surface area contributed by atoms with E-state index in [1.165, 1.54) is 24.3 Å². The average Bonchev–Trinajstić information content (AvgIpc) is 2.79. The molecule has 2 bridgehead atoms. The second-order valence-corrected chi connectivity index (χ2v) is 8.46. The van der Waals surface area contributed by atoms with Gasteiger partial charge in [-0.15, -0.1) is 0 Å². The molecule has 0 N–H and O–H groups in total. The van der Waals surface area contributed by atoms with Crippen molar-refractivity contribution in [2.75, 3.05) is 14.2 Å². The van der Waals surface area contributed by atoms with Crippen LogP contribution in [0.25, 0.3) is 0 Å². The SMILES string of the molecule is CCC12C3=CC(=O)C(=O)C=C3C(CC)(C3=CC(=O)C(=O)C=C31)c1cc(OC)c(OC)cc12. The van der Waals surface area contributed by atoms with Crippen LogP contribution in [-0.2, 0) is 30.0 Å². The molecule has 0 heterocycles. The minimum Gasteiger partial charge on any atom is -0.493 e. The summed E-state index contributed by atoms with van der Waals surface area (Å²) in [6, 6.07) is 3.80. The molecule has 5 aliphatic rings. The summed E-state index contributed by atoms with van der Waals surface area (Å²) < 4.78 is 11.2. The molecule has 6 nitrogen and oxygen atoms in total. The molecule has 1 fully saturated rings. The quantitative estimate of drug-likeness (QED) is 0.539. The zero-order valence-corrected chi connectivity index (χ0v) is 18.3. The first-order valence-corrected chi connectivity index (χ1v) is 10.6. The van der Waals surface area contributed by atoms with Gasteiger partial charge in [0.25, 0.3) is 0 Å². The molecule has 0 unspecified atom stereocenters. The van der Waals surface area contributed by atoms with Crippen LogP contribution < -0.4 is 9.47 Å². The smallest absolute Gasteiger partial charge is 0.226 e. The number of carbonyl (C=O) groups excluding carboxylic acids is 4. The highest BCUT2D eigenvalue weighted by atomic mass is 16.5. The molecule has 0 aliphatic heterocycles. The number of rotatable bonds is 4. The molecular weight excluding hydrogens is 408 g/mol. The first-order chi connectivity index (χ1) is 15.3. The molecule has 0 radical (unpaired) electrons. The number of hydrogen-bond acceptors (Lipinski definition) is 6. The summed E-state index contributed by atoms with van der Waals surface area (Å²) >= 11 is 0. The predicted molar refractivity (Wildman–Crippen MR) is 116 cm³/mol. The molecule has 0 aromatic heterocycles. The normalized spacial score (nSPS) is 27.6. The number of benzene rings is 1. The molecule has 5 aliphatic carbocycles. The molecule has 32 heavy (non-hydrogen) atoms. The van der Waals surface area contributed by atoms with Crippen molar-refractivity contribution in [3.05, 3.63) is 69.9 Å². The lowest BCUT2D eigenvalue weighted by Crippen LogP contribution is -2.55. The molecule has 1 aromatic carbocycles. The summed E-state index contributed by atoms with van der Waals surface area (Å²) in [5, 5.41) is 0. The Bertz CT molecular complexity index is 1120. The van der Waals surface area contributed by atoms with Crippen molar-refractivity contribution in [1.29, 1.82) is 0 Å². The van der Waals surface area contributed by atoms with Gasteiger partial charge in [0, 0.05) is 10.8 Å². The van der Waals surface area contributed by atoms with Crippen LogP contribution in [0, 0.1) is 0 Å². The lowest BCUT2D eigenvalue weighted by Gasteiger charge is -2.60. The molecule has 0 saturated heterocycles. The topological polar surface area (TPSA) is 86.7 Å². The van der Waals surface area contributed by atoms with Gasteiger partial charge in [0.05, 0.1) is 14.2 Å². The van der Waals surface area contributed by atoms with E-state index in [2.05, 4.69) is 0 Å². The van der Waals surface area contributed by atoms with Crippen molar-refractivity contribution >= 4 is 23.1 Å². The Morgan fingerprint density at radius 1 is 0.594 bits per heavy atom. The lowest BCUT2D eigenvalue weighted by molar-refractivity contribution is -0.131. The zero-order valence-electron chi connectivity index (χ0n) is 18.3. The molecule has 6 heteroatoms. The van der Waals surface area contributed by atoms with Crippen LogP contribution in [0.4, 0.5) is 0 Å². The van der Waals surface area contributed by atoms with E-state index in [-0.39, 0.29) is 0 Å². The number of carbonyl (C=O) groups is 4. The van der Waals surface area contributed by atoms with E-state index in [4.69, 9.17) is 9.47 Å². The first-order valence-electron chi connectivity index (χ1n) is 10.6. The fourth-order valence-electron chi connectivity index (χ4n) is 6.13. The van der Waals surface area contributed by atoms with E-state index in [1.807, 2.05) is 26.0 Å². The van der Waals surface area contributed by atoms with Crippen LogP contribution in [-0.4, -0.2) is 37.4 Å². The second-order valence-electron chi connectivity index (χ2n) is 8.46. The summed E-state index contributed by atoms with van der Waals surface area (Å²) in [4.78, 5) is 50.1. The van der Waals surface area contributed by atoms with Gasteiger partial charge in [-0.05, 0) is 82.7 Å². The van der Waals surface area contributed by atoms with Gasteiger partial charge < -0.3 is 9.47 Å². The predicted octanol–water partition coefficient (Wildman–Crippen LogP) is 3.04. The van der Waals surface area contributed by atoms with Crippen molar-refractivity contribution in [3.8, 4) is 11.5 Å². The number of hydrogen-bond donors (Lipinski definition) is 0. The van der Waals surface area contributed by atoms with Crippen LogP contribution >= 0.6 is 0 Å². The Morgan fingerprint density at radius 2 is 0.875 bits per heavy atom. The maximum Gasteiger partial charge on any atom is 0.226 e. The van der Waals surface area contributed by atoms with Gasteiger partial charge in [0.1, 0.15) is 0 Å². The highest BCUT2D eigenvalue weighted by Crippen LogP contribution is 2.69. The van der Waals surface area contributed by atoms with Crippen LogP contribution in [0.2, 0.25) is 0 Å². The van der Waals surface area contributed by atoms with Crippen molar-refractivity contribution in [2.24, 2.45) is 0 Å². The minimum absolute atomic E-state index is 0.518. The average molecular weight is 430 g/mol. The van der Waals surface area contributed by atoms with Gasteiger partial charge in [-0.1, -0.05) is 13.8 Å². The van der Waals surface area contributed by atoms with Gasteiger partial charge in [-0.3, -0.25) is 19.2 Å². The number of ether oxygens (including phenoxy) is 2. The summed E-state index contributed by atoms with van der Waals surface area (Å²) in [6.07, 6.45) is 6.72. The molecule has 1 saturated carbocycles. The summed E-state index contributed by atoms with van der Waals surface area (Å²) in [6.45, 7) is 3.95. The third kappa shape index (κ3) is 2.10. The molecule has 6 rings (SSSR count). The van der Waals surface area contributed by atoms with Crippen LogP contribution in [0.15, 0.2) is 58.7 Å². The zero-order chi connectivity index (χ0) is 23.0. The second kappa shape index (κ2) is 6.48. The molecule has 162 valence electrons. The summed E-state index contributed by atoms with van der Waals surface area (Å²) in [5.41, 5.74) is 2.94. The van der Waals surface area contributed by atoms with E-state index < -0.39 is 34.0 Å². The Morgan fingerprint density at radius 3 is 1.09 bits per heavy atom. The van der Waals surface area contributed by atoms with E-state index in [0.717, 1.165) is 33.4 Å². The third-order valence-electron chi connectivity index (χ3n) is 7.51. The lowest BCUT2D eigenvalue weighted by atomic mass is 9.41. The monoisotopic (exact) mass is 430 g/mol. The van der Waals surface area contributed by atoms with E-state index >= 15 is 0 Å². The summed E-state index contributed by atoms with van der Waals surface area (Å²) in [7, 11) is 3.11. The third-order valence-corrected chi connectivity index (χ3v) is 7.51. The summed E-state index contributed by atoms with van der Waals surface area (Å²) in [5.74, 6) is -1.26. The Balaban J connectivity index is 2.03. The van der Waals surface area contributed by atoms with Crippen molar-refractivity contribution in [3.63, 3.8) is 0 Å². The largest absolute Gasteiger partial charge is 0.493 e. The molecular formula is C26H22O6. The van der Waals surface area contributed by atoms with Gasteiger partial charge >= 0.3 is 0 Å². The Hall–Kier alpha value is -3.54. The highest BCUT2D eigenvalue weighted by Gasteiger charge is 2.63. The van der Waals surface area contributed by atoms with Crippen molar-refractivity contribution < 1.29 is 28.7 Å². The molecule has 0 amide bonds. The molecule has 1 aromatic rings. The van der Waals surface area contributed by atoms with Crippen molar-refractivity contribution in [2.45, 2.75) is 37.5 Å². The fraction of sp³-hybridized carbons (Fsp3) is 0.308. The van der Waals surface area contributed by atoms with Crippen molar-refractivity contribution in [1.82, 2.24) is 0 Å². The fourth-order valence-corrected chi connectivity index (χ4v) is 6.13. The first kappa shape index (κ1) is 20.4. The maximum absolute atomic E-state index is 12.5. The maximum atomic E-state index is 12.5. The molecule has 0 atom stereocenters. The van der Waals surface area contributed by atoms with E-state index in [9.17, 15) is 19.2 Å². The van der Waals surface area contributed by atoms with Gasteiger partial charge in [0.15, 0.2) is 11.5 Å². The number of ketones is 4. The Kier molecular flexibility index (Phi) is 4.13. The van der Waals surface area contributed by atoms with E-state index in [0.29, 0.717) is 24.3 Å².